The summed E-state index contributed by atoms with van der Waals surface area (Å²) in [5, 5.41) is 12.0. The molecule has 0 aromatic heterocycles. The fourth-order valence-electron chi connectivity index (χ4n) is 3.11. The number of nitrogens with one attached hydrogen (secondary N) is 1. The summed E-state index contributed by atoms with van der Waals surface area (Å²) in [6.45, 7) is 0. The molecular weight excluding hydrogens is 454 g/mol. The van der Waals surface area contributed by atoms with Crippen LogP contribution in [0.15, 0.2) is 72.8 Å². The van der Waals surface area contributed by atoms with Gasteiger partial charge in [-0.25, -0.2) is 5.01 Å². The van der Waals surface area contributed by atoms with Gasteiger partial charge >= 0.3 is 0 Å². The first-order valence-electron chi connectivity index (χ1n) is 9.44. The molecule has 32 heavy (non-hydrogen) atoms. The largest absolute Gasteiger partial charge is 0.455 e. The number of benzene rings is 3. The number of ether oxygens (including phenoxy) is 1. The zero-order valence-electron chi connectivity index (χ0n) is 16.4. The Hall–Kier alpha value is -3.56. The fraction of sp³-hybridized carbons (Fsp3) is 0.0909. The van der Waals surface area contributed by atoms with Crippen LogP contribution in [0.1, 0.15) is 21.3 Å². The topological polar surface area (TPSA) is 102 Å². The molecule has 0 aliphatic carbocycles. The summed E-state index contributed by atoms with van der Waals surface area (Å²) < 4.78 is 5.83. The smallest absolute Gasteiger partial charge is 0.273 e. The molecule has 3 aromatic carbocycles. The molecule has 1 aliphatic heterocycles. The highest BCUT2D eigenvalue weighted by atomic mass is 35.5. The van der Waals surface area contributed by atoms with Crippen LogP contribution in [0.2, 0.25) is 5.02 Å². The summed E-state index contributed by atoms with van der Waals surface area (Å²) in [6, 6.07) is 19.4. The Morgan fingerprint density at radius 1 is 1.06 bits per heavy atom. The highest BCUT2D eigenvalue weighted by molar-refractivity contribution is 8.00. The van der Waals surface area contributed by atoms with Gasteiger partial charge in [0.15, 0.2) is 0 Å². The Kier molecular flexibility index (Phi) is 6.29. The number of rotatable bonds is 6. The van der Waals surface area contributed by atoms with E-state index in [1.807, 2.05) is 0 Å². The third-order valence-electron chi connectivity index (χ3n) is 4.67. The summed E-state index contributed by atoms with van der Waals surface area (Å²) in [7, 11) is 0. The number of nitrogens with zero attached hydrogens (tertiary/aromatic N) is 2. The average molecular weight is 470 g/mol. The van der Waals surface area contributed by atoms with Crippen LogP contribution in [0, 0.1) is 10.1 Å². The number of nitro groups is 1. The second-order valence-electron chi connectivity index (χ2n) is 6.75. The molecule has 1 saturated heterocycles. The van der Waals surface area contributed by atoms with E-state index in [0.29, 0.717) is 16.3 Å². The first kappa shape index (κ1) is 21.7. The van der Waals surface area contributed by atoms with E-state index >= 15 is 0 Å². The fourth-order valence-corrected chi connectivity index (χ4v) is 4.39. The van der Waals surface area contributed by atoms with Crippen LogP contribution in [-0.2, 0) is 4.79 Å². The number of carbonyl (C=O) groups excluding carboxylic acids is 2. The van der Waals surface area contributed by atoms with Crippen molar-refractivity contribution in [2.45, 2.75) is 5.37 Å². The van der Waals surface area contributed by atoms with Crippen molar-refractivity contribution in [1.82, 2.24) is 10.4 Å². The summed E-state index contributed by atoms with van der Waals surface area (Å²) in [6.07, 6.45) is 0. The molecule has 8 nitrogen and oxygen atoms in total. The minimum absolute atomic E-state index is 0.0516. The molecule has 0 saturated carbocycles. The number of halogens is 1. The van der Waals surface area contributed by atoms with Crippen LogP contribution in [0.4, 0.5) is 5.69 Å². The Morgan fingerprint density at radius 3 is 2.41 bits per heavy atom. The molecule has 162 valence electrons. The van der Waals surface area contributed by atoms with Crippen LogP contribution in [0.3, 0.4) is 0 Å². The second-order valence-corrected chi connectivity index (χ2v) is 8.22. The highest BCUT2D eigenvalue weighted by Gasteiger charge is 2.35. The van der Waals surface area contributed by atoms with Gasteiger partial charge in [0.1, 0.15) is 16.9 Å². The Balaban J connectivity index is 1.56. The number of hydrazine groups is 1. The van der Waals surface area contributed by atoms with E-state index in [0.717, 1.165) is 0 Å². The number of para-hydroxylation sites is 2. The van der Waals surface area contributed by atoms with Crippen molar-refractivity contribution in [3.05, 3.63) is 99.1 Å². The SMILES string of the molecule is O=C(NN1C(=O)CSC1c1ccc([N+](=O)[O-])cc1)c1ccccc1Oc1ccccc1Cl. The van der Waals surface area contributed by atoms with Gasteiger partial charge in [-0.2, -0.15) is 0 Å². The van der Waals surface area contributed by atoms with Gasteiger partial charge in [0.2, 0.25) is 0 Å². The number of hydrogen-bond acceptors (Lipinski definition) is 6. The molecule has 1 heterocycles. The van der Waals surface area contributed by atoms with Crippen molar-refractivity contribution in [2.75, 3.05) is 5.75 Å². The molecule has 1 fully saturated rings. The molecule has 0 spiro atoms. The maximum absolute atomic E-state index is 13.0. The third-order valence-corrected chi connectivity index (χ3v) is 6.19. The maximum atomic E-state index is 13.0. The number of amides is 2. The maximum Gasteiger partial charge on any atom is 0.273 e. The number of thioether (sulfide) groups is 1. The lowest BCUT2D eigenvalue weighted by molar-refractivity contribution is -0.384. The van der Waals surface area contributed by atoms with Gasteiger partial charge < -0.3 is 4.74 Å². The second kappa shape index (κ2) is 9.29. The minimum Gasteiger partial charge on any atom is -0.455 e. The van der Waals surface area contributed by atoms with E-state index in [2.05, 4.69) is 5.43 Å². The number of hydrogen-bond donors (Lipinski definition) is 1. The standard InChI is InChI=1S/C22H16ClN3O5S/c23-17-6-2-4-8-19(17)31-18-7-3-1-5-16(18)21(28)24-25-20(27)13-32-22(25)14-9-11-15(12-10-14)26(29)30/h1-12,22H,13H2,(H,24,28). The van der Waals surface area contributed by atoms with Crippen molar-refractivity contribution in [2.24, 2.45) is 0 Å². The molecule has 2 amide bonds. The first-order valence-corrected chi connectivity index (χ1v) is 10.9. The van der Waals surface area contributed by atoms with Gasteiger partial charge in [-0.05, 0) is 42.0 Å². The van der Waals surface area contributed by atoms with Crippen LogP contribution in [0.5, 0.6) is 11.5 Å². The Morgan fingerprint density at radius 2 is 1.72 bits per heavy atom. The molecule has 0 radical (unpaired) electrons. The molecule has 4 rings (SSSR count). The summed E-state index contributed by atoms with van der Waals surface area (Å²) in [5.41, 5.74) is 3.48. The van der Waals surface area contributed by atoms with Crippen molar-refractivity contribution < 1.29 is 19.2 Å². The van der Waals surface area contributed by atoms with E-state index in [4.69, 9.17) is 16.3 Å². The lowest BCUT2D eigenvalue weighted by Gasteiger charge is -2.25. The molecule has 1 atom stereocenters. The average Bonchev–Trinajstić information content (AvgIpc) is 3.15. The van der Waals surface area contributed by atoms with Gasteiger partial charge in [-0.1, -0.05) is 35.9 Å². The van der Waals surface area contributed by atoms with Crippen molar-refractivity contribution in [1.29, 1.82) is 0 Å². The van der Waals surface area contributed by atoms with Crippen molar-refractivity contribution in [3.8, 4) is 11.5 Å². The lowest BCUT2D eigenvalue weighted by Crippen LogP contribution is -2.44. The van der Waals surface area contributed by atoms with Gasteiger partial charge in [-0.3, -0.25) is 25.1 Å². The van der Waals surface area contributed by atoms with Crippen LogP contribution in [-0.4, -0.2) is 27.5 Å². The number of nitro benzene ring substituents is 1. The van der Waals surface area contributed by atoms with Crippen molar-refractivity contribution >= 4 is 40.9 Å². The quantitative estimate of drug-likeness (QED) is 0.404. The number of carbonyl (C=O) groups is 2. The predicted octanol–water partition coefficient (Wildman–Crippen LogP) is 4.96. The van der Waals surface area contributed by atoms with Gasteiger partial charge in [0.25, 0.3) is 17.5 Å². The zero-order chi connectivity index (χ0) is 22.7. The van der Waals surface area contributed by atoms with E-state index in [9.17, 15) is 19.7 Å². The predicted molar refractivity (Wildman–Crippen MR) is 121 cm³/mol. The molecule has 10 heteroatoms. The van der Waals surface area contributed by atoms with Gasteiger partial charge in [0, 0.05) is 12.1 Å². The minimum atomic E-state index is -0.532. The molecular formula is C22H16ClN3O5S. The normalized spacial score (nSPS) is 15.5. The van der Waals surface area contributed by atoms with E-state index in [1.165, 1.54) is 28.9 Å². The molecule has 0 bridgehead atoms. The Bertz CT molecular complexity index is 1190. The summed E-state index contributed by atoms with van der Waals surface area (Å²) >= 11 is 7.47. The highest BCUT2D eigenvalue weighted by Crippen LogP contribution is 2.38. The third kappa shape index (κ3) is 4.53. The zero-order valence-corrected chi connectivity index (χ0v) is 18.0. The van der Waals surface area contributed by atoms with E-state index in [-0.39, 0.29) is 28.7 Å². The van der Waals surface area contributed by atoms with Gasteiger partial charge in [0.05, 0.1) is 21.3 Å². The summed E-state index contributed by atoms with van der Waals surface area (Å²) in [4.78, 5) is 35.9. The van der Waals surface area contributed by atoms with E-state index < -0.39 is 16.2 Å². The van der Waals surface area contributed by atoms with Crippen LogP contribution in [0.25, 0.3) is 0 Å². The van der Waals surface area contributed by atoms with Crippen molar-refractivity contribution in [3.63, 3.8) is 0 Å². The summed E-state index contributed by atoms with van der Waals surface area (Å²) in [5.74, 6) is 0.0292. The molecule has 3 aromatic rings. The van der Waals surface area contributed by atoms with Crippen LogP contribution < -0.4 is 10.2 Å². The monoisotopic (exact) mass is 469 g/mol. The molecule has 1 unspecified atom stereocenters. The van der Waals surface area contributed by atoms with Gasteiger partial charge in [-0.15, -0.1) is 11.8 Å². The molecule has 1 aliphatic rings. The Labute approximate surface area is 192 Å². The van der Waals surface area contributed by atoms with Crippen LogP contribution >= 0.6 is 23.4 Å². The first-order chi connectivity index (χ1) is 15.4. The lowest BCUT2D eigenvalue weighted by atomic mass is 10.2. The number of non-ortho nitro benzene ring substituents is 1. The van der Waals surface area contributed by atoms with E-state index in [1.54, 1.807) is 60.7 Å². The molecule has 1 N–H and O–H groups in total.